The molecule has 31 heavy (non-hydrogen) atoms. The van der Waals surface area contributed by atoms with E-state index in [0.29, 0.717) is 19.0 Å². The van der Waals surface area contributed by atoms with Gasteiger partial charge < -0.3 is 25.6 Å². The van der Waals surface area contributed by atoms with Crippen molar-refractivity contribution < 1.29 is 9.53 Å². The highest BCUT2D eigenvalue weighted by Crippen LogP contribution is 2.17. The molecule has 2 rings (SSSR count). The molecule has 3 N–H and O–H groups in total. The van der Waals surface area contributed by atoms with Crippen LogP contribution in [0.15, 0.2) is 23.3 Å². The average Bonchev–Trinajstić information content (AvgIpc) is 2.96. The lowest BCUT2D eigenvalue weighted by Gasteiger charge is -2.29. The van der Waals surface area contributed by atoms with Crippen LogP contribution in [0, 0.1) is 0 Å². The van der Waals surface area contributed by atoms with Gasteiger partial charge in [0.2, 0.25) is 0 Å². The summed E-state index contributed by atoms with van der Waals surface area (Å²) in [4.78, 5) is 23.3. The van der Waals surface area contributed by atoms with Crippen LogP contribution in [-0.2, 0) is 11.3 Å². The van der Waals surface area contributed by atoms with Gasteiger partial charge in [0.05, 0.1) is 5.54 Å². The normalized spacial score (nSPS) is 15.8. The zero-order valence-corrected chi connectivity index (χ0v) is 20.0. The maximum absolute atomic E-state index is 12.0. The minimum absolute atomic E-state index is 0.433. The molecular weight excluding hydrogens is 392 g/mol. The molecule has 174 valence electrons. The molecular formula is C23H40N6O2. The topological polar surface area (TPSA) is 90.9 Å². The molecule has 1 saturated heterocycles. The molecule has 0 unspecified atom stereocenters. The van der Waals surface area contributed by atoms with E-state index in [0.717, 1.165) is 24.5 Å². The molecule has 1 aliphatic heterocycles. The van der Waals surface area contributed by atoms with Gasteiger partial charge in [-0.3, -0.25) is 4.99 Å². The van der Waals surface area contributed by atoms with Gasteiger partial charge in [0.1, 0.15) is 11.4 Å². The molecule has 0 aromatic carbocycles. The number of aromatic nitrogens is 1. The Morgan fingerprint density at radius 1 is 1.10 bits per heavy atom. The van der Waals surface area contributed by atoms with Gasteiger partial charge in [-0.1, -0.05) is 18.9 Å². The van der Waals surface area contributed by atoms with E-state index in [-0.39, 0.29) is 0 Å². The number of amides is 1. The standard InChI is InChI=1S/C23H40N6O2/c1-22(2,3)31-21(30)28-23(4,5)17-27-20(24-6)26-16-18-11-12-19(25-15-18)29-13-9-7-8-10-14-29/h11-12,15H,7-10,13-14,16-17H2,1-6H3,(H,28,30)(H2,24,26,27). The van der Waals surface area contributed by atoms with Crippen molar-refractivity contribution in [2.24, 2.45) is 4.99 Å². The number of carbonyl (C=O) groups excluding carboxylic acids is 1. The Bertz CT molecular complexity index is 717. The Balaban J connectivity index is 1.80. The minimum Gasteiger partial charge on any atom is -0.444 e. The summed E-state index contributed by atoms with van der Waals surface area (Å²) in [5.41, 5.74) is 0.0610. The van der Waals surface area contributed by atoms with E-state index in [1.807, 2.05) is 40.8 Å². The Labute approximate surface area is 187 Å². The quantitative estimate of drug-likeness (QED) is 0.471. The Morgan fingerprint density at radius 2 is 1.77 bits per heavy atom. The van der Waals surface area contributed by atoms with Gasteiger partial charge in [-0.25, -0.2) is 9.78 Å². The van der Waals surface area contributed by atoms with E-state index in [1.165, 1.54) is 25.7 Å². The number of pyridine rings is 1. The van der Waals surface area contributed by atoms with Crippen LogP contribution >= 0.6 is 0 Å². The number of alkyl carbamates (subject to hydrolysis) is 1. The van der Waals surface area contributed by atoms with Gasteiger partial charge in [-0.15, -0.1) is 0 Å². The van der Waals surface area contributed by atoms with Gasteiger partial charge in [-0.05, 0) is 59.1 Å². The van der Waals surface area contributed by atoms with E-state index in [1.54, 1.807) is 7.05 Å². The molecule has 1 aromatic rings. The maximum Gasteiger partial charge on any atom is 0.408 e. The van der Waals surface area contributed by atoms with Crippen molar-refractivity contribution in [2.75, 3.05) is 31.6 Å². The van der Waals surface area contributed by atoms with Crippen LogP contribution in [0.4, 0.5) is 10.6 Å². The number of hydrogen-bond acceptors (Lipinski definition) is 5. The SMILES string of the molecule is CN=C(NCc1ccc(N2CCCCCC2)nc1)NCC(C)(C)NC(=O)OC(C)(C)C. The van der Waals surface area contributed by atoms with Crippen LogP contribution in [0.1, 0.15) is 65.9 Å². The highest BCUT2D eigenvalue weighted by atomic mass is 16.6. The van der Waals surface area contributed by atoms with Crippen molar-refractivity contribution in [2.45, 2.75) is 78.0 Å². The number of carbonyl (C=O) groups is 1. The summed E-state index contributed by atoms with van der Waals surface area (Å²) in [5.74, 6) is 1.72. The predicted molar refractivity (Wildman–Crippen MR) is 127 cm³/mol. The molecule has 1 fully saturated rings. The molecule has 1 amide bonds. The number of nitrogens with zero attached hydrogens (tertiary/aromatic N) is 3. The number of hydrogen-bond donors (Lipinski definition) is 3. The molecule has 0 saturated carbocycles. The summed E-state index contributed by atoms with van der Waals surface area (Å²) in [6.07, 6.45) is 6.61. The number of ether oxygens (including phenoxy) is 1. The molecule has 1 aliphatic rings. The van der Waals surface area contributed by atoms with E-state index < -0.39 is 17.2 Å². The molecule has 1 aromatic heterocycles. The maximum atomic E-state index is 12.0. The fourth-order valence-corrected chi connectivity index (χ4v) is 3.34. The first-order valence-electron chi connectivity index (χ1n) is 11.2. The van der Waals surface area contributed by atoms with Gasteiger partial charge >= 0.3 is 6.09 Å². The molecule has 0 atom stereocenters. The summed E-state index contributed by atoms with van der Waals surface area (Å²) in [6, 6.07) is 4.22. The first-order chi connectivity index (χ1) is 14.6. The smallest absolute Gasteiger partial charge is 0.408 e. The Morgan fingerprint density at radius 3 is 2.32 bits per heavy atom. The molecule has 8 heteroatoms. The number of guanidine groups is 1. The van der Waals surface area contributed by atoms with Crippen molar-refractivity contribution in [1.82, 2.24) is 20.9 Å². The second-order valence-electron chi connectivity index (χ2n) is 9.72. The predicted octanol–water partition coefficient (Wildman–Crippen LogP) is 3.43. The Kier molecular flexibility index (Phi) is 8.95. The van der Waals surface area contributed by atoms with Crippen LogP contribution in [0.2, 0.25) is 0 Å². The van der Waals surface area contributed by atoms with E-state index in [4.69, 9.17) is 4.74 Å². The lowest BCUT2D eigenvalue weighted by atomic mass is 10.1. The molecule has 8 nitrogen and oxygen atoms in total. The summed E-state index contributed by atoms with van der Waals surface area (Å²) < 4.78 is 5.34. The second kappa shape index (κ2) is 11.2. The van der Waals surface area contributed by atoms with Crippen LogP contribution in [0.25, 0.3) is 0 Å². The molecule has 0 spiro atoms. The third kappa shape index (κ3) is 9.44. The summed E-state index contributed by atoms with van der Waals surface area (Å²) >= 11 is 0. The highest BCUT2D eigenvalue weighted by Gasteiger charge is 2.24. The molecule has 0 radical (unpaired) electrons. The van der Waals surface area contributed by atoms with Crippen LogP contribution in [0.3, 0.4) is 0 Å². The number of rotatable bonds is 6. The summed E-state index contributed by atoms with van der Waals surface area (Å²) in [6.45, 7) is 12.7. The first kappa shape index (κ1) is 24.8. The van der Waals surface area contributed by atoms with Crippen molar-refractivity contribution in [3.05, 3.63) is 23.9 Å². The minimum atomic E-state index is -0.526. The van der Waals surface area contributed by atoms with Gasteiger partial charge in [0.15, 0.2) is 5.96 Å². The number of anilines is 1. The lowest BCUT2D eigenvalue weighted by molar-refractivity contribution is 0.0474. The van der Waals surface area contributed by atoms with Crippen molar-refractivity contribution in [3.8, 4) is 0 Å². The average molecular weight is 433 g/mol. The van der Waals surface area contributed by atoms with E-state index >= 15 is 0 Å². The van der Waals surface area contributed by atoms with Crippen molar-refractivity contribution in [3.63, 3.8) is 0 Å². The van der Waals surface area contributed by atoms with Gasteiger partial charge in [0, 0.05) is 39.4 Å². The Hall–Kier alpha value is -2.51. The summed E-state index contributed by atoms with van der Waals surface area (Å²) in [7, 11) is 1.73. The number of aliphatic imine (C=N–C) groups is 1. The first-order valence-corrected chi connectivity index (χ1v) is 11.2. The van der Waals surface area contributed by atoms with Crippen molar-refractivity contribution >= 4 is 17.9 Å². The van der Waals surface area contributed by atoms with Gasteiger partial charge in [-0.2, -0.15) is 0 Å². The fraction of sp³-hybridized carbons (Fsp3) is 0.696. The van der Waals surface area contributed by atoms with E-state index in [2.05, 4.69) is 43.0 Å². The summed E-state index contributed by atoms with van der Waals surface area (Å²) in [5, 5.41) is 9.45. The molecule has 0 aliphatic carbocycles. The zero-order chi connectivity index (χ0) is 22.9. The fourth-order valence-electron chi connectivity index (χ4n) is 3.34. The third-order valence-corrected chi connectivity index (χ3v) is 4.96. The van der Waals surface area contributed by atoms with Crippen molar-refractivity contribution in [1.29, 1.82) is 0 Å². The van der Waals surface area contributed by atoms with Crippen LogP contribution in [-0.4, -0.2) is 54.9 Å². The monoisotopic (exact) mass is 432 g/mol. The lowest BCUT2D eigenvalue weighted by Crippen LogP contribution is -2.54. The number of nitrogens with one attached hydrogen (secondary N) is 3. The highest BCUT2D eigenvalue weighted by molar-refractivity contribution is 5.79. The zero-order valence-electron chi connectivity index (χ0n) is 20.0. The third-order valence-electron chi connectivity index (χ3n) is 4.96. The van der Waals surface area contributed by atoms with Crippen LogP contribution in [0.5, 0.6) is 0 Å². The molecule has 0 bridgehead atoms. The van der Waals surface area contributed by atoms with Gasteiger partial charge in [0.25, 0.3) is 0 Å². The second-order valence-corrected chi connectivity index (χ2v) is 9.72. The molecule has 2 heterocycles. The van der Waals surface area contributed by atoms with Crippen LogP contribution < -0.4 is 20.9 Å². The van der Waals surface area contributed by atoms with E-state index in [9.17, 15) is 4.79 Å². The largest absolute Gasteiger partial charge is 0.444 e.